The summed E-state index contributed by atoms with van der Waals surface area (Å²) in [6, 6.07) is 21.1. The van der Waals surface area contributed by atoms with Gasteiger partial charge < -0.3 is 34.5 Å². The summed E-state index contributed by atoms with van der Waals surface area (Å²) in [5.41, 5.74) is -0.370. The molecule has 3 N–H and O–H groups in total. The van der Waals surface area contributed by atoms with Crippen LogP contribution in [0, 0.1) is 11.3 Å². The van der Waals surface area contributed by atoms with Gasteiger partial charge in [0.25, 0.3) is 11.8 Å². The first kappa shape index (κ1) is 42.9. The van der Waals surface area contributed by atoms with Crippen LogP contribution < -0.4 is 34.3 Å². The summed E-state index contributed by atoms with van der Waals surface area (Å²) in [4.78, 5) is 62.7. The number of likely N-dealkylation sites (tertiary alicyclic amines) is 1. The van der Waals surface area contributed by atoms with Crippen LogP contribution >= 0.6 is 0 Å². The van der Waals surface area contributed by atoms with E-state index in [0.717, 1.165) is 5.56 Å². The Morgan fingerprint density at radius 3 is 2.25 bits per heavy atom. The maximum Gasteiger partial charge on any atom is 0.259 e. The van der Waals surface area contributed by atoms with Crippen molar-refractivity contribution in [2.75, 3.05) is 27.4 Å². The first-order valence-electron chi connectivity index (χ1n) is 20.1. The molecule has 2 saturated carbocycles. The van der Waals surface area contributed by atoms with Crippen molar-refractivity contribution in [1.29, 1.82) is 0 Å². The summed E-state index contributed by atoms with van der Waals surface area (Å²) < 4.78 is 50.9. The molecule has 61 heavy (non-hydrogen) atoms. The van der Waals surface area contributed by atoms with Crippen LogP contribution in [-0.4, -0.2) is 98.3 Å². The highest BCUT2D eigenvalue weighted by atomic mass is 32.2. The number of carbonyl (C=O) groups excluding carboxylic acids is 4. The fraction of sp³-hybridized carbons (Fsp3) is 0.400. The number of hydrogen-bond donors (Lipinski definition) is 3. The number of fused-ring (bicyclic) bond motifs is 1. The van der Waals surface area contributed by atoms with Crippen molar-refractivity contribution in [1.82, 2.24) is 25.2 Å². The Labute approximate surface area is 355 Å². The van der Waals surface area contributed by atoms with Gasteiger partial charge in [-0.3, -0.25) is 23.9 Å². The molecular formula is C45H51N5O10S. The summed E-state index contributed by atoms with van der Waals surface area (Å²) in [5, 5.41) is 5.66. The van der Waals surface area contributed by atoms with Crippen LogP contribution in [0.1, 0.15) is 46.5 Å². The van der Waals surface area contributed by atoms with E-state index in [1.54, 1.807) is 64.3 Å². The fourth-order valence-electron chi connectivity index (χ4n) is 7.57. The standard InChI is InChI=1S/C45H51N5O10S/c1-7-28-24-45(28,43(54)49-61(55,56)33-18-19-33)48-41(52)37-22-32(60-38-23-35(27-11-9-8-10-12-27)46-36-21-31(58-6)17-20-34(36)38)25-50(37)42(53)40(44(2,3)4)47-39(51)26-59-30-15-13-29(57-5)14-16-30/h7-17,20-21,23,28,32-33,37,40H,1,18-19,22,24-26H2,2-6H3,(H,47,51)(H,48,52)(H,49,54)/t28-,32-,37?,40-,45-/m1/s1. The van der Waals surface area contributed by atoms with Gasteiger partial charge in [0, 0.05) is 35.4 Å². The van der Waals surface area contributed by atoms with Crippen molar-refractivity contribution in [3.05, 3.63) is 91.5 Å². The lowest BCUT2D eigenvalue weighted by Gasteiger charge is -2.35. The highest BCUT2D eigenvalue weighted by molar-refractivity contribution is 7.91. The quantitative estimate of drug-likeness (QED) is 0.134. The van der Waals surface area contributed by atoms with Crippen LogP contribution in [0.4, 0.5) is 0 Å². The molecule has 2 aliphatic carbocycles. The molecule has 0 bridgehead atoms. The Morgan fingerprint density at radius 2 is 1.62 bits per heavy atom. The molecule has 2 heterocycles. The Morgan fingerprint density at radius 1 is 0.951 bits per heavy atom. The molecule has 1 aromatic heterocycles. The smallest absolute Gasteiger partial charge is 0.259 e. The minimum Gasteiger partial charge on any atom is -0.497 e. The number of amides is 4. The van der Waals surface area contributed by atoms with Gasteiger partial charge in [0.2, 0.25) is 21.8 Å². The molecule has 0 radical (unpaired) electrons. The molecule has 322 valence electrons. The molecule has 1 aliphatic heterocycles. The van der Waals surface area contributed by atoms with Gasteiger partial charge in [0.1, 0.15) is 46.7 Å². The molecule has 4 aromatic rings. The minimum absolute atomic E-state index is 0.000429. The van der Waals surface area contributed by atoms with E-state index < -0.39 is 80.6 Å². The summed E-state index contributed by atoms with van der Waals surface area (Å²) in [5.74, 6) is -1.12. The van der Waals surface area contributed by atoms with Crippen LogP contribution in [-0.2, 0) is 29.2 Å². The average molecular weight is 854 g/mol. The van der Waals surface area contributed by atoms with Gasteiger partial charge in [-0.05, 0) is 61.1 Å². The summed E-state index contributed by atoms with van der Waals surface area (Å²) in [7, 11) is -0.830. The van der Waals surface area contributed by atoms with Crippen molar-refractivity contribution in [3.63, 3.8) is 0 Å². The van der Waals surface area contributed by atoms with E-state index in [9.17, 15) is 27.6 Å². The van der Waals surface area contributed by atoms with E-state index in [0.29, 0.717) is 52.4 Å². The molecule has 16 heteroatoms. The molecule has 4 amide bonds. The highest BCUT2D eigenvalue weighted by Crippen LogP contribution is 2.46. The van der Waals surface area contributed by atoms with Gasteiger partial charge in [-0.1, -0.05) is 57.2 Å². The molecule has 15 nitrogen and oxygen atoms in total. The normalized spacial score (nSPS) is 21.5. The van der Waals surface area contributed by atoms with E-state index in [1.165, 1.54) is 18.1 Å². The predicted molar refractivity (Wildman–Crippen MR) is 227 cm³/mol. The van der Waals surface area contributed by atoms with Gasteiger partial charge >= 0.3 is 0 Å². The molecule has 7 rings (SSSR count). The molecule has 1 saturated heterocycles. The Balaban J connectivity index is 1.19. The number of carbonyl (C=O) groups is 4. The number of rotatable bonds is 16. The molecule has 3 fully saturated rings. The zero-order chi connectivity index (χ0) is 43.7. The lowest BCUT2D eigenvalue weighted by Crippen LogP contribution is -2.60. The van der Waals surface area contributed by atoms with E-state index >= 15 is 0 Å². The zero-order valence-electron chi connectivity index (χ0n) is 34.8. The van der Waals surface area contributed by atoms with E-state index in [1.807, 2.05) is 42.5 Å². The average Bonchev–Trinajstić information content (AvgIpc) is 4.18. The number of methoxy groups -OCH3 is 2. The number of benzene rings is 3. The number of nitrogens with one attached hydrogen (secondary N) is 3. The minimum atomic E-state index is -3.93. The number of ether oxygens (including phenoxy) is 4. The summed E-state index contributed by atoms with van der Waals surface area (Å²) in [6.07, 6.45) is 1.76. The topological polar surface area (TPSA) is 192 Å². The van der Waals surface area contributed by atoms with Gasteiger partial charge in [-0.25, -0.2) is 13.4 Å². The fourth-order valence-corrected chi connectivity index (χ4v) is 8.93. The number of sulfonamides is 1. The largest absolute Gasteiger partial charge is 0.497 e. The van der Waals surface area contributed by atoms with Crippen LogP contribution in [0.3, 0.4) is 0 Å². The van der Waals surface area contributed by atoms with Crippen molar-refractivity contribution >= 4 is 44.6 Å². The van der Waals surface area contributed by atoms with Gasteiger partial charge in [-0.15, -0.1) is 6.58 Å². The van der Waals surface area contributed by atoms with Crippen molar-refractivity contribution in [2.24, 2.45) is 11.3 Å². The predicted octanol–water partition coefficient (Wildman–Crippen LogP) is 4.55. The molecular weight excluding hydrogens is 803 g/mol. The second-order valence-electron chi connectivity index (χ2n) is 16.7. The number of nitrogens with zero attached hydrogens (tertiary/aromatic N) is 2. The maximum absolute atomic E-state index is 14.8. The second kappa shape index (κ2) is 17.1. The third-order valence-corrected chi connectivity index (χ3v) is 13.1. The summed E-state index contributed by atoms with van der Waals surface area (Å²) in [6.45, 7) is 8.72. The lowest BCUT2D eigenvalue weighted by atomic mass is 9.85. The molecule has 5 atom stereocenters. The van der Waals surface area contributed by atoms with Crippen molar-refractivity contribution in [3.8, 4) is 34.3 Å². The Kier molecular flexibility index (Phi) is 12.0. The van der Waals surface area contributed by atoms with Crippen molar-refractivity contribution < 1.29 is 46.5 Å². The van der Waals surface area contributed by atoms with Crippen LogP contribution in [0.25, 0.3) is 22.2 Å². The highest BCUT2D eigenvalue weighted by Gasteiger charge is 2.62. The van der Waals surface area contributed by atoms with E-state index in [4.69, 9.17) is 23.9 Å². The number of pyridine rings is 1. The Bertz CT molecular complexity index is 2440. The molecule has 1 unspecified atom stereocenters. The Hall–Kier alpha value is -6.16. The second-order valence-corrected chi connectivity index (χ2v) is 18.7. The lowest BCUT2D eigenvalue weighted by molar-refractivity contribution is -0.144. The third-order valence-electron chi connectivity index (χ3n) is 11.3. The van der Waals surface area contributed by atoms with Crippen LogP contribution in [0.2, 0.25) is 0 Å². The zero-order valence-corrected chi connectivity index (χ0v) is 35.6. The van der Waals surface area contributed by atoms with Gasteiger partial charge in [0.05, 0.1) is 37.2 Å². The van der Waals surface area contributed by atoms with Gasteiger partial charge in [-0.2, -0.15) is 0 Å². The van der Waals surface area contributed by atoms with E-state index in [2.05, 4.69) is 21.9 Å². The first-order chi connectivity index (χ1) is 29.0. The summed E-state index contributed by atoms with van der Waals surface area (Å²) >= 11 is 0. The van der Waals surface area contributed by atoms with Crippen molar-refractivity contribution in [2.45, 2.75) is 75.4 Å². The van der Waals surface area contributed by atoms with Crippen LogP contribution in [0.5, 0.6) is 23.0 Å². The first-order valence-corrected chi connectivity index (χ1v) is 21.7. The molecule has 0 spiro atoms. The number of aromatic nitrogens is 1. The van der Waals surface area contributed by atoms with Gasteiger partial charge in [0.15, 0.2) is 6.61 Å². The number of hydrogen-bond acceptors (Lipinski definition) is 11. The third kappa shape index (κ3) is 9.43. The van der Waals surface area contributed by atoms with Crippen LogP contribution in [0.15, 0.2) is 91.5 Å². The molecule has 3 aliphatic rings. The monoisotopic (exact) mass is 853 g/mol. The molecule has 3 aromatic carbocycles. The SMILES string of the molecule is C=C[C@@H]1C[C@]1(NC(=O)C1C[C@@H](Oc2cc(-c3ccccc3)nc3cc(OC)ccc23)CN1C(=O)[C@@H](NC(=O)COc1ccc(OC)cc1)C(C)(C)C)C(=O)NS(=O)(=O)C1CC1. The van der Waals surface area contributed by atoms with E-state index in [-0.39, 0.29) is 19.4 Å². The maximum atomic E-state index is 14.8.